The zero-order valence-corrected chi connectivity index (χ0v) is 12.8. The second kappa shape index (κ2) is 6.43. The first-order chi connectivity index (χ1) is 9.99. The third-order valence-corrected chi connectivity index (χ3v) is 3.19. The zero-order chi connectivity index (χ0) is 15.4. The maximum Gasteiger partial charge on any atom is 0.239 e. The van der Waals surface area contributed by atoms with Crippen molar-refractivity contribution in [3.8, 4) is 0 Å². The molecule has 0 aliphatic rings. The predicted molar refractivity (Wildman–Crippen MR) is 87.3 cm³/mol. The number of aromatic nitrogens is 1. The van der Waals surface area contributed by atoms with Gasteiger partial charge in [0, 0.05) is 23.7 Å². The van der Waals surface area contributed by atoms with Gasteiger partial charge in [-0.3, -0.25) is 4.79 Å². The van der Waals surface area contributed by atoms with Gasteiger partial charge in [0.05, 0.1) is 12.1 Å². The van der Waals surface area contributed by atoms with Gasteiger partial charge in [0.2, 0.25) is 5.91 Å². The number of amides is 1. The summed E-state index contributed by atoms with van der Waals surface area (Å²) in [7, 11) is 0. The fourth-order valence-electron chi connectivity index (χ4n) is 2.21. The van der Waals surface area contributed by atoms with Crippen LogP contribution in [0, 0.1) is 0 Å². The van der Waals surface area contributed by atoms with E-state index in [0.29, 0.717) is 6.54 Å². The minimum absolute atomic E-state index is 0.00560. The molecule has 0 bridgehead atoms. The van der Waals surface area contributed by atoms with Crippen molar-refractivity contribution >= 4 is 28.3 Å². The summed E-state index contributed by atoms with van der Waals surface area (Å²) in [4.78, 5) is 18.5. The molecule has 0 unspecified atom stereocenters. The first-order valence-corrected chi connectivity index (χ1v) is 7.20. The summed E-state index contributed by atoms with van der Waals surface area (Å²) in [5, 5.41) is 3.90. The smallest absolute Gasteiger partial charge is 0.239 e. The molecule has 0 saturated carbocycles. The monoisotopic (exact) mass is 286 g/mol. The minimum Gasteiger partial charge on any atom is -0.399 e. The summed E-state index contributed by atoms with van der Waals surface area (Å²) in [6.45, 7) is 6.94. The van der Waals surface area contributed by atoms with Crippen molar-refractivity contribution in [3.63, 3.8) is 0 Å². The molecule has 5 nitrogen and oxygen atoms in total. The minimum atomic E-state index is 0.00560. The lowest BCUT2D eigenvalue weighted by Crippen LogP contribution is -2.40. The summed E-state index contributed by atoms with van der Waals surface area (Å²) in [6, 6.07) is 9.68. The molecule has 1 aromatic carbocycles. The van der Waals surface area contributed by atoms with Crippen LogP contribution in [0.5, 0.6) is 0 Å². The molecular formula is C16H22N4O. The highest BCUT2D eigenvalue weighted by molar-refractivity contribution is 5.85. The van der Waals surface area contributed by atoms with Crippen molar-refractivity contribution in [1.29, 1.82) is 0 Å². The third-order valence-electron chi connectivity index (χ3n) is 3.19. The standard InChI is InChI=1S/C16H22N4O/c1-4-20(10-16(21)18-11(2)3)15-8-5-12-9-13(17)6-7-14(12)19-15/h5-9,11H,4,10,17H2,1-3H3,(H,18,21). The maximum absolute atomic E-state index is 11.9. The summed E-state index contributed by atoms with van der Waals surface area (Å²) in [5.41, 5.74) is 7.37. The molecule has 2 aromatic rings. The van der Waals surface area contributed by atoms with Gasteiger partial charge in [-0.15, -0.1) is 0 Å². The molecule has 0 radical (unpaired) electrons. The number of nitrogens with one attached hydrogen (secondary N) is 1. The number of hydrogen-bond acceptors (Lipinski definition) is 4. The first kappa shape index (κ1) is 15.1. The second-order valence-corrected chi connectivity index (χ2v) is 5.36. The van der Waals surface area contributed by atoms with Gasteiger partial charge in [0.1, 0.15) is 5.82 Å². The number of benzene rings is 1. The highest BCUT2D eigenvalue weighted by Gasteiger charge is 2.12. The third kappa shape index (κ3) is 3.84. The molecule has 3 N–H and O–H groups in total. The summed E-state index contributed by atoms with van der Waals surface area (Å²) >= 11 is 0. The average molecular weight is 286 g/mol. The number of nitrogens with two attached hydrogens (primary N) is 1. The highest BCUT2D eigenvalue weighted by Crippen LogP contribution is 2.20. The largest absolute Gasteiger partial charge is 0.399 e. The van der Waals surface area contributed by atoms with Crippen LogP contribution in [0.25, 0.3) is 10.9 Å². The van der Waals surface area contributed by atoms with E-state index in [-0.39, 0.29) is 11.9 Å². The van der Waals surface area contributed by atoms with Crippen LogP contribution in [0.1, 0.15) is 20.8 Å². The Morgan fingerprint density at radius 3 is 2.76 bits per heavy atom. The van der Waals surface area contributed by atoms with E-state index in [1.54, 1.807) is 0 Å². The van der Waals surface area contributed by atoms with Crippen LogP contribution in [-0.2, 0) is 4.79 Å². The van der Waals surface area contributed by atoms with E-state index < -0.39 is 0 Å². The van der Waals surface area contributed by atoms with Gasteiger partial charge in [-0.25, -0.2) is 4.98 Å². The summed E-state index contributed by atoms with van der Waals surface area (Å²) in [5.74, 6) is 0.805. The lowest BCUT2D eigenvalue weighted by Gasteiger charge is -2.22. The molecule has 1 aromatic heterocycles. The quantitative estimate of drug-likeness (QED) is 0.826. The van der Waals surface area contributed by atoms with Gasteiger partial charge in [0.25, 0.3) is 0 Å². The Kier molecular flexibility index (Phi) is 4.62. The van der Waals surface area contributed by atoms with Crippen molar-refractivity contribution in [2.24, 2.45) is 0 Å². The van der Waals surface area contributed by atoms with Crippen LogP contribution in [-0.4, -0.2) is 30.0 Å². The molecule has 0 aliphatic heterocycles. The molecular weight excluding hydrogens is 264 g/mol. The van der Waals surface area contributed by atoms with Crippen molar-refractivity contribution < 1.29 is 4.79 Å². The van der Waals surface area contributed by atoms with Gasteiger partial charge in [-0.05, 0) is 51.1 Å². The van der Waals surface area contributed by atoms with E-state index in [2.05, 4.69) is 10.3 Å². The van der Waals surface area contributed by atoms with Crippen LogP contribution in [0.3, 0.4) is 0 Å². The number of carbonyl (C=O) groups excluding carboxylic acids is 1. The SMILES string of the molecule is CCN(CC(=O)NC(C)C)c1ccc2cc(N)ccc2n1. The van der Waals surface area contributed by atoms with Crippen LogP contribution >= 0.6 is 0 Å². The molecule has 0 saturated heterocycles. The van der Waals surface area contributed by atoms with Gasteiger partial charge in [-0.2, -0.15) is 0 Å². The maximum atomic E-state index is 11.9. The van der Waals surface area contributed by atoms with Crippen LogP contribution in [0.2, 0.25) is 0 Å². The lowest BCUT2D eigenvalue weighted by atomic mass is 10.2. The Balaban J connectivity index is 2.21. The number of rotatable bonds is 5. The van der Waals surface area contributed by atoms with E-state index in [1.165, 1.54) is 0 Å². The Hall–Kier alpha value is -2.30. The normalized spacial score (nSPS) is 10.9. The van der Waals surface area contributed by atoms with Crippen molar-refractivity contribution in [3.05, 3.63) is 30.3 Å². The topological polar surface area (TPSA) is 71.2 Å². The molecule has 0 atom stereocenters. The molecule has 112 valence electrons. The molecule has 1 heterocycles. The van der Waals surface area contributed by atoms with Crippen molar-refractivity contribution in [1.82, 2.24) is 10.3 Å². The first-order valence-electron chi connectivity index (χ1n) is 7.20. The van der Waals surface area contributed by atoms with Crippen LogP contribution in [0.4, 0.5) is 11.5 Å². The Labute approximate surface area is 125 Å². The van der Waals surface area contributed by atoms with Gasteiger partial charge in [-0.1, -0.05) is 0 Å². The Morgan fingerprint density at radius 2 is 2.10 bits per heavy atom. The van der Waals surface area contributed by atoms with E-state index in [0.717, 1.165) is 29.0 Å². The number of pyridine rings is 1. The van der Waals surface area contributed by atoms with E-state index >= 15 is 0 Å². The lowest BCUT2D eigenvalue weighted by molar-refractivity contribution is -0.120. The van der Waals surface area contributed by atoms with E-state index in [9.17, 15) is 4.79 Å². The number of likely N-dealkylation sites (N-methyl/N-ethyl adjacent to an activating group) is 1. The molecule has 21 heavy (non-hydrogen) atoms. The van der Waals surface area contributed by atoms with Crippen molar-refractivity contribution in [2.45, 2.75) is 26.8 Å². The summed E-state index contributed by atoms with van der Waals surface area (Å²) < 4.78 is 0. The van der Waals surface area contributed by atoms with E-state index in [4.69, 9.17) is 5.73 Å². The zero-order valence-electron chi connectivity index (χ0n) is 12.8. The number of fused-ring (bicyclic) bond motifs is 1. The molecule has 2 rings (SSSR count). The van der Waals surface area contributed by atoms with Gasteiger partial charge < -0.3 is 16.0 Å². The fourth-order valence-corrected chi connectivity index (χ4v) is 2.21. The van der Waals surface area contributed by atoms with Crippen LogP contribution in [0.15, 0.2) is 30.3 Å². The molecule has 1 amide bonds. The highest BCUT2D eigenvalue weighted by atomic mass is 16.2. The molecule has 5 heteroatoms. The van der Waals surface area contributed by atoms with E-state index in [1.807, 2.05) is 56.0 Å². The molecule has 0 fully saturated rings. The number of nitrogens with zero attached hydrogens (tertiary/aromatic N) is 2. The second-order valence-electron chi connectivity index (χ2n) is 5.36. The molecule has 0 aliphatic carbocycles. The predicted octanol–water partition coefficient (Wildman–Crippen LogP) is 2.17. The van der Waals surface area contributed by atoms with Gasteiger partial charge >= 0.3 is 0 Å². The fraction of sp³-hybridized carbons (Fsp3) is 0.375. The Morgan fingerprint density at radius 1 is 1.33 bits per heavy atom. The molecule has 0 spiro atoms. The Bertz CT molecular complexity index is 639. The van der Waals surface area contributed by atoms with Crippen molar-refractivity contribution in [2.75, 3.05) is 23.7 Å². The number of nitrogen functional groups attached to an aromatic ring is 1. The van der Waals surface area contributed by atoms with Crippen LogP contribution < -0.4 is 16.0 Å². The summed E-state index contributed by atoms with van der Waals surface area (Å²) in [6.07, 6.45) is 0. The van der Waals surface area contributed by atoms with Gasteiger partial charge in [0.15, 0.2) is 0 Å². The average Bonchev–Trinajstić information content (AvgIpc) is 2.43. The number of anilines is 2. The number of hydrogen-bond donors (Lipinski definition) is 2. The number of carbonyl (C=O) groups is 1.